The van der Waals surface area contributed by atoms with Gasteiger partial charge in [-0.25, -0.2) is 14.2 Å². The van der Waals surface area contributed by atoms with Crippen LogP contribution in [-0.4, -0.2) is 29.0 Å². The molecule has 0 aliphatic rings. The fourth-order valence-corrected chi connectivity index (χ4v) is 3.78. The van der Waals surface area contributed by atoms with Crippen molar-refractivity contribution in [2.75, 3.05) is 17.7 Å². The lowest BCUT2D eigenvalue weighted by Gasteiger charge is -2.10. The fourth-order valence-electron chi connectivity index (χ4n) is 2.89. The molecule has 0 radical (unpaired) electrons. The van der Waals surface area contributed by atoms with Crippen LogP contribution in [0.3, 0.4) is 0 Å². The van der Waals surface area contributed by atoms with Crippen LogP contribution in [0.2, 0.25) is 0 Å². The van der Waals surface area contributed by atoms with E-state index in [2.05, 4.69) is 20.6 Å². The molecule has 0 aliphatic heterocycles. The zero-order chi connectivity index (χ0) is 23.4. The van der Waals surface area contributed by atoms with Crippen molar-refractivity contribution in [3.05, 3.63) is 71.8 Å². The van der Waals surface area contributed by atoms with Gasteiger partial charge >= 0.3 is 6.03 Å². The highest BCUT2D eigenvalue weighted by Crippen LogP contribution is 2.29. The lowest BCUT2D eigenvalue weighted by Crippen LogP contribution is -2.20. The SMILES string of the molecule is COc1ccc2nc(NC(=O)Nc3ccc(OCc4ccnc(C(N)=O)c4)cc3F)sc2c1. The van der Waals surface area contributed by atoms with E-state index >= 15 is 0 Å². The number of hydrogen-bond donors (Lipinski definition) is 3. The second-order valence-corrected chi connectivity index (χ2v) is 7.81. The van der Waals surface area contributed by atoms with Crippen molar-refractivity contribution in [2.24, 2.45) is 5.73 Å². The Bertz CT molecular complexity index is 1340. The van der Waals surface area contributed by atoms with Gasteiger partial charge in [-0.1, -0.05) is 11.3 Å². The van der Waals surface area contributed by atoms with Gasteiger partial charge < -0.3 is 20.5 Å². The number of methoxy groups -OCH3 is 1. The van der Waals surface area contributed by atoms with Crippen LogP contribution in [0.5, 0.6) is 11.5 Å². The molecule has 0 atom stereocenters. The predicted octanol–water partition coefficient (Wildman–Crippen LogP) is 4.16. The summed E-state index contributed by atoms with van der Waals surface area (Å²) in [6.45, 7) is 0.0812. The average molecular weight is 467 g/mol. The van der Waals surface area contributed by atoms with Gasteiger partial charge in [0.15, 0.2) is 5.13 Å². The molecule has 0 bridgehead atoms. The Morgan fingerprint density at radius 2 is 1.91 bits per heavy atom. The summed E-state index contributed by atoms with van der Waals surface area (Å²) < 4.78 is 26.0. The molecule has 3 amide bonds. The maximum Gasteiger partial charge on any atom is 0.325 e. The number of anilines is 2. The van der Waals surface area contributed by atoms with Gasteiger partial charge in [0.2, 0.25) is 0 Å². The smallest absolute Gasteiger partial charge is 0.325 e. The van der Waals surface area contributed by atoms with Gasteiger partial charge in [-0.15, -0.1) is 0 Å². The second-order valence-electron chi connectivity index (χ2n) is 6.78. The Kier molecular flexibility index (Phi) is 6.31. The lowest BCUT2D eigenvalue weighted by molar-refractivity contribution is 0.0995. The molecule has 2 heterocycles. The Hall–Kier alpha value is -4.25. The van der Waals surface area contributed by atoms with E-state index in [4.69, 9.17) is 15.2 Å². The second kappa shape index (κ2) is 9.49. The zero-order valence-electron chi connectivity index (χ0n) is 17.3. The minimum atomic E-state index is -0.677. The Morgan fingerprint density at radius 3 is 2.67 bits per heavy atom. The molecule has 0 saturated heterocycles. The number of nitrogens with zero attached hydrogens (tertiary/aromatic N) is 2. The van der Waals surface area contributed by atoms with Gasteiger partial charge in [-0.2, -0.15) is 0 Å². The van der Waals surface area contributed by atoms with Crippen LogP contribution in [-0.2, 0) is 6.61 Å². The summed E-state index contributed by atoms with van der Waals surface area (Å²) in [4.78, 5) is 31.7. The van der Waals surface area contributed by atoms with Crippen LogP contribution < -0.4 is 25.8 Å². The van der Waals surface area contributed by atoms with Gasteiger partial charge in [-0.05, 0) is 48.0 Å². The van der Waals surface area contributed by atoms with Crippen molar-refractivity contribution < 1.29 is 23.5 Å². The van der Waals surface area contributed by atoms with Gasteiger partial charge in [0.05, 0.1) is 23.0 Å². The number of aromatic nitrogens is 2. The van der Waals surface area contributed by atoms with Crippen molar-refractivity contribution in [2.45, 2.75) is 6.61 Å². The van der Waals surface area contributed by atoms with E-state index in [-0.39, 0.29) is 23.7 Å². The Balaban J connectivity index is 1.37. The molecule has 0 unspecified atom stereocenters. The maximum absolute atomic E-state index is 14.5. The number of fused-ring (bicyclic) bond motifs is 1. The molecule has 2 aromatic carbocycles. The molecule has 4 N–H and O–H groups in total. The molecule has 168 valence electrons. The number of benzene rings is 2. The number of ether oxygens (including phenoxy) is 2. The number of hydrogen-bond acceptors (Lipinski definition) is 7. The lowest BCUT2D eigenvalue weighted by atomic mass is 10.2. The van der Waals surface area contributed by atoms with E-state index < -0.39 is 17.8 Å². The summed E-state index contributed by atoms with van der Waals surface area (Å²) in [7, 11) is 1.57. The van der Waals surface area contributed by atoms with Crippen LogP contribution in [0, 0.1) is 5.82 Å². The largest absolute Gasteiger partial charge is 0.497 e. The standard InChI is InChI=1S/C22H18FN5O4S/c1-31-13-2-5-17-19(10-13)33-22(27-17)28-21(30)26-16-4-3-14(9-15(16)23)32-11-12-6-7-25-18(8-12)20(24)29/h2-10H,11H2,1H3,(H2,24,29)(H2,26,27,28,30). The molecule has 33 heavy (non-hydrogen) atoms. The average Bonchev–Trinajstić information content (AvgIpc) is 3.20. The summed E-state index contributed by atoms with van der Waals surface area (Å²) in [5.74, 6) is -0.397. The van der Waals surface area contributed by atoms with E-state index in [1.54, 1.807) is 25.3 Å². The van der Waals surface area contributed by atoms with Crippen LogP contribution in [0.1, 0.15) is 16.1 Å². The minimum Gasteiger partial charge on any atom is -0.497 e. The first-order valence-corrected chi connectivity index (χ1v) is 10.4. The van der Waals surface area contributed by atoms with Gasteiger partial charge in [0, 0.05) is 12.3 Å². The number of nitrogens with two attached hydrogens (primary N) is 1. The number of rotatable bonds is 7. The summed E-state index contributed by atoms with van der Waals surface area (Å²) in [5.41, 5.74) is 6.65. The summed E-state index contributed by atoms with van der Waals surface area (Å²) in [6, 6.07) is 11.9. The highest BCUT2D eigenvalue weighted by Gasteiger charge is 2.12. The number of pyridine rings is 1. The maximum atomic E-state index is 14.5. The molecule has 0 saturated carbocycles. The molecule has 2 aromatic heterocycles. The third-order valence-electron chi connectivity index (χ3n) is 4.49. The van der Waals surface area contributed by atoms with Crippen molar-refractivity contribution >= 4 is 44.3 Å². The Labute approximate surface area is 191 Å². The van der Waals surface area contributed by atoms with E-state index in [1.165, 1.54) is 35.7 Å². The third-order valence-corrected chi connectivity index (χ3v) is 5.42. The first-order chi connectivity index (χ1) is 15.9. The van der Waals surface area contributed by atoms with E-state index in [0.29, 0.717) is 22.0 Å². The molecule has 0 spiro atoms. The number of primary amides is 1. The van der Waals surface area contributed by atoms with Crippen LogP contribution >= 0.6 is 11.3 Å². The van der Waals surface area contributed by atoms with Crippen LogP contribution in [0.25, 0.3) is 10.2 Å². The summed E-state index contributed by atoms with van der Waals surface area (Å²) in [5, 5.41) is 5.41. The molecular formula is C22H18FN5O4S. The molecule has 0 fully saturated rings. The fraction of sp³-hybridized carbons (Fsp3) is 0.0909. The van der Waals surface area contributed by atoms with Gasteiger partial charge in [0.1, 0.15) is 29.6 Å². The van der Waals surface area contributed by atoms with Crippen LogP contribution in [0.4, 0.5) is 20.0 Å². The topological polar surface area (TPSA) is 128 Å². The van der Waals surface area contributed by atoms with Crippen LogP contribution in [0.15, 0.2) is 54.7 Å². The molecule has 4 rings (SSSR count). The monoisotopic (exact) mass is 467 g/mol. The zero-order valence-corrected chi connectivity index (χ0v) is 18.1. The number of carbonyl (C=O) groups is 2. The minimum absolute atomic E-state index is 0.0254. The van der Waals surface area contributed by atoms with Crippen molar-refractivity contribution in [1.29, 1.82) is 0 Å². The predicted molar refractivity (Wildman–Crippen MR) is 122 cm³/mol. The number of nitrogens with one attached hydrogen (secondary N) is 2. The molecule has 11 heteroatoms. The van der Waals surface area contributed by atoms with Crippen molar-refractivity contribution in [3.8, 4) is 11.5 Å². The highest BCUT2D eigenvalue weighted by molar-refractivity contribution is 7.22. The number of carbonyl (C=O) groups excluding carboxylic acids is 2. The van der Waals surface area contributed by atoms with Crippen molar-refractivity contribution in [3.63, 3.8) is 0 Å². The highest BCUT2D eigenvalue weighted by atomic mass is 32.1. The molecular weight excluding hydrogens is 449 g/mol. The third kappa shape index (κ3) is 5.33. The van der Waals surface area contributed by atoms with Crippen molar-refractivity contribution in [1.82, 2.24) is 9.97 Å². The van der Waals surface area contributed by atoms with Gasteiger partial charge in [-0.3, -0.25) is 15.1 Å². The van der Waals surface area contributed by atoms with E-state index in [0.717, 1.165) is 10.8 Å². The van der Waals surface area contributed by atoms with E-state index in [1.807, 2.05) is 6.07 Å². The number of halogens is 1. The van der Waals surface area contributed by atoms with Gasteiger partial charge in [0.25, 0.3) is 5.91 Å². The quantitative estimate of drug-likeness (QED) is 0.374. The number of amides is 3. The molecule has 0 aliphatic carbocycles. The summed E-state index contributed by atoms with van der Waals surface area (Å²) >= 11 is 1.27. The Morgan fingerprint density at radius 1 is 1.09 bits per heavy atom. The summed E-state index contributed by atoms with van der Waals surface area (Å²) in [6.07, 6.45) is 1.44. The number of thiazole rings is 1. The molecule has 9 nitrogen and oxygen atoms in total. The van der Waals surface area contributed by atoms with E-state index in [9.17, 15) is 14.0 Å². The first-order valence-electron chi connectivity index (χ1n) is 9.61. The normalized spacial score (nSPS) is 10.6. The number of urea groups is 1. The molecule has 4 aromatic rings. The first kappa shape index (κ1) is 22.0.